The van der Waals surface area contributed by atoms with E-state index in [-0.39, 0.29) is 12.5 Å². The van der Waals surface area contributed by atoms with Crippen LogP contribution in [0, 0.1) is 6.92 Å². The number of amides is 1. The molecule has 0 bridgehead atoms. The van der Waals surface area contributed by atoms with Crippen LogP contribution in [-0.2, 0) is 24.2 Å². The van der Waals surface area contributed by atoms with Gasteiger partial charge in [0.25, 0.3) is 5.91 Å². The van der Waals surface area contributed by atoms with Gasteiger partial charge in [-0.1, -0.05) is 41.9 Å². The molecule has 1 atom stereocenters. The summed E-state index contributed by atoms with van der Waals surface area (Å²) in [7, 11) is 1.73. The van der Waals surface area contributed by atoms with Crippen molar-refractivity contribution in [1.82, 2.24) is 15.0 Å². The summed E-state index contributed by atoms with van der Waals surface area (Å²) < 4.78 is 11.5. The number of ether oxygens (including phenoxy) is 1. The molecule has 0 fully saturated rings. The summed E-state index contributed by atoms with van der Waals surface area (Å²) in [6, 6.07) is 14.1. The Labute approximate surface area is 183 Å². The van der Waals surface area contributed by atoms with E-state index in [0.29, 0.717) is 18.1 Å². The molecule has 0 saturated heterocycles. The van der Waals surface area contributed by atoms with Crippen molar-refractivity contribution in [3.05, 3.63) is 65.0 Å². The zero-order chi connectivity index (χ0) is 21.8. The van der Waals surface area contributed by atoms with Crippen molar-refractivity contribution >= 4 is 5.91 Å². The molecule has 31 heavy (non-hydrogen) atoms. The molecule has 0 spiro atoms. The average molecular weight is 420 g/mol. The largest absolute Gasteiger partial charge is 0.481 e. The van der Waals surface area contributed by atoms with Crippen molar-refractivity contribution in [2.45, 2.75) is 58.6 Å². The van der Waals surface area contributed by atoms with Crippen molar-refractivity contribution in [3.8, 4) is 17.1 Å². The highest BCUT2D eigenvalue weighted by atomic mass is 16.5. The third-order valence-corrected chi connectivity index (χ3v) is 5.74. The number of carbonyl (C=O) groups is 1. The minimum atomic E-state index is -0.550. The number of nitrogens with zero attached hydrogens (tertiary/aromatic N) is 3. The van der Waals surface area contributed by atoms with Crippen LogP contribution in [0.5, 0.6) is 5.75 Å². The van der Waals surface area contributed by atoms with Crippen LogP contribution in [0.2, 0.25) is 0 Å². The van der Waals surface area contributed by atoms with Crippen molar-refractivity contribution in [3.63, 3.8) is 0 Å². The number of likely N-dealkylation sites (N-methyl/N-ethyl adjacent to an activating group) is 1. The van der Waals surface area contributed by atoms with Crippen molar-refractivity contribution < 1.29 is 14.1 Å². The summed E-state index contributed by atoms with van der Waals surface area (Å²) >= 11 is 0. The Morgan fingerprint density at radius 3 is 2.74 bits per heavy atom. The molecule has 6 nitrogen and oxygen atoms in total. The summed E-state index contributed by atoms with van der Waals surface area (Å²) in [5.41, 5.74) is 4.76. The van der Waals surface area contributed by atoms with Crippen LogP contribution in [-0.4, -0.2) is 34.1 Å². The van der Waals surface area contributed by atoms with Crippen LogP contribution >= 0.6 is 0 Å². The van der Waals surface area contributed by atoms with Crippen molar-refractivity contribution in [2.75, 3.05) is 7.05 Å². The van der Waals surface area contributed by atoms with E-state index < -0.39 is 6.10 Å². The van der Waals surface area contributed by atoms with E-state index in [2.05, 4.69) is 22.3 Å². The minimum Gasteiger partial charge on any atom is -0.481 e. The Kier molecular flexibility index (Phi) is 6.35. The molecule has 162 valence electrons. The Bertz CT molecular complexity index is 1060. The van der Waals surface area contributed by atoms with Crippen molar-refractivity contribution in [1.29, 1.82) is 0 Å². The summed E-state index contributed by atoms with van der Waals surface area (Å²) in [4.78, 5) is 19.0. The van der Waals surface area contributed by atoms with Gasteiger partial charge in [0.05, 0.1) is 6.54 Å². The second-order valence-electron chi connectivity index (χ2n) is 8.23. The van der Waals surface area contributed by atoms with Crippen molar-refractivity contribution in [2.24, 2.45) is 0 Å². The maximum atomic E-state index is 13.0. The van der Waals surface area contributed by atoms with Crippen LogP contribution in [0.1, 0.15) is 48.8 Å². The fourth-order valence-corrected chi connectivity index (χ4v) is 4.00. The third-order valence-electron chi connectivity index (χ3n) is 5.74. The number of hydrogen-bond acceptors (Lipinski definition) is 5. The molecule has 3 aromatic rings. The maximum Gasteiger partial charge on any atom is 0.263 e. The summed E-state index contributed by atoms with van der Waals surface area (Å²) in [5, 5.41) is 4.06. The highest BCUT2D eigenvalue weighted by molar-refractivity contribution is 5.81. The molecule has 0 N–H and O–H groups in total. The highest BCUT2D eigenvalue weighted by Gasteiger charge is 2.24. The Morgan fingerprint density at radius 1 is 1.16 bits per heavy atom. The Hall–Kier alpha value is -3.15. The molecule has 6 heteroatoms. The number of benzene rings is 2. The molecule has 0 radical (unpaired) electrons. The first-order chi connectivity index (χ1) is 15.0. The van der Waals surface area contributed by atoms with Gasteiger partial charge < -0.3 is 14.2 Å². The van der Waals surface area contributed by atoms with Gasteiger partial charge >= 0.3 is 0 Å². The lowest BCUT2D eigenvalue weighted by Crippen LogP contribution is -2.39. The molecule has 1 heterocycles. The van der Waals surface area contributed by atoms with E-state index in [1.165, 1.54) is 24.0 Å². The topological polar surface area (TPSA) is 68.5 Å². The van der Waals surface area contributed by atoms with Gasteiger partial charge in [0.1, 0.15) is 5.75 Å². The normalized spacial score (nSPS) is 14.0. The van der Waals surface area contributed by atoms with E-state index in [0.717, 1.165) is 29.7 Å². The molecule has 2 aromatic carbocycles. The van der Waals surface area contributed by atoms with E-state index in [9.17, 15) is 4.79 Å². The van der Waals surface area contributed by atoms with Crippen LogP contribution in [0.4, 0.5) is 0 Å². The maximum absolute atomic E-state index is 13.0. The number of fused-ring (bicyclic) bond motifs is 1. The van der Waals surface area contributed by atoms with Gasteiger partial charge in [-0.15, -0.1) is 0 Å². The molecule has 1 amide bonds. The second-order valence-corrected chi connectivity index (χ2v) is 8.23. The second kappa shape index (κ2) is 9.33. The number of aryl methyl sites for hydroxylation is 3. The Morgan fingerprint density at radius 2 is 1.97 bits per heavy atom. The number of aromatic nitrogens is 2. The van der Waals surface area contributed by atoms with E-state index in [4.69, 9.17) is 9.26 Å². The monoisotopic (exact) mass is 419 g/mol. The number of rotatable bonds is 7. The quantitative estimate of drug-likeness (QED) is 0.553. The predicted octanol–water partition coefficient (Wildman–Crippen LogP) is 4.74. The summed E-state index contributed by atoms with van der Waals surface area (Å²) in [6.07, 6.45) is 4.70. The smallest absolute Gasteiger partial charge is 0.263 e. The molecule has 0 unspecified atom stereocenters. The third kappa shape index (κ3) is 4.95. The fraction of sp³-hybridized carbons (Fsp3) is 0.400. The summed E-state index contributed by atoms with van der Waals surface area (Å²) in [5.74, 6) is 1.58. The predicted molar refractivity (Wildman–Crippen MR) is 119 cm³/mol. The van der Waals surface area contributed by atoms with Gasteiger partial charge in [-0.05, 0) is 68.4 Å². The van der Waals surface area contributed by atoms with Gasteiger partial charge in [-0.2, -0.15) is 4.98 Å². The van der Waals surface area contributed by atoms with Gasteiger partial charge in [-0.3, -0.25) is 4.79 Å². The lowest BCUT2D eigenvalue weighted by atomic mass is 9.92. The van der Waals surface area contributed by atoms with Gasteiger partial charge in [0.2, 0.25) is 11.7 Å². The van der Waals surface area contributed by atoms with Gasteiger partial charge in [-0.25, -0.2) is 0 Å². The molecule has 1 aliphatic rings. The number of hydrogen-bond donors (Lipinski definition) is 0. The molecule has 4 rings (SSSR count). The van der Waals surface area contributed by atoms with Crippen LogP contribution in [0.3, 0.4) is 0 Å². The summed E-state index contributed by atoms with van der Waals surface area (Å²) in [6.45, 7) is 4.21. The standard InChI is InChI=1S/C25H29N3O3/c1-4-22(30-21-13-12-18-9-5-6-10-19(18)15-21)25(29)28(3)16-23-26-24(27-31-23)20-11-7-8-17(2)14-20/h7-8,11-15,22H,4-6,9-10,16H2,1-3H3/t22-/m0/s1. The van der Waals surface area contributed by atoms with E-state index >= 15 is 0 Å². The lowest BCUT2D eigenvalue weighted by Gasteiger charge is -2.24. The molecule has 0 saturated carbocycles. The first-order valence-corrected chi connectivity index (χ1v) is 11.0. The van der Waals surface area contributed by atoms with Crippen LogP contribution in [0.25, 0.3) is 11.4 Å². The molecule has 1 aliphatic carbocycles. The minimum absolute atomic E-state index is 0.101. The zero-order valence-electron chi connectivity index (χ0n) is 18.4. The highest BCUT2D eigenvalue weighted by Crippen LogP contribution is 2.26. The molecular formula is C25H29N3O3. The average Bonchev–Trinajstić information content (AvgIpc) is 3.25. The van der Waals surface area contributed by atoms with Gasteiger partial charge in [0, 0.05) is 12.6 Å². The SMILES string of the molecule is CC[C@H](Oc1ccc2c(c1)CCCC2)C(=O)N(C)Cc1nc(-c2cccc(C)c2)no1. The Balaban J connectivity index is 1.41. The van der Waals surface area contributed by atoms with Gasteiger partial charge in [0.15, 0.2) is 6.10 Å². The molecular weight excluding hydrogens is 390 g/mol. The fourth-order valence-electron chi connectivity index (χ4n) is 4.00. The lowest BCUT2D eigenvalue weighted by molar-refractivity contribution is -0.138. The number of carbonyl (C=O) groups excluding carboxylic acids is 1. The first kappa shape index (κ1) is 21.1. The van der Waals surface area contributed by atoms with E-state index in [1.807, 2.05) is 44.2 Å². The van der Waals surface area contributed by atoms with Crippen LogP contribution in [0.15, 0.2) is 47.0 Å². The molecule has 1 aromatic heterocycles. The zero-order valence-corrected chi connectivity index (χ0v) is 18.4. The molecule has 0 aliphatic heterocycles. The van der Waals surface area contributed by atoms with Crippen LogP contribution < -0.4 is 4.74 Å². The first-order valence-electron chi connectivity index (χ1n) is 11.0. The van der Waals surface area contributed by atoms with E-state index in [1.54, 1.807) is 11.9 Å².